The number of benzene rings is 2. The zero-order valence-electron chi connectivity index (χ0n) is 15.2. The molecule has 1 amide bonds. The third-order valence-corrected chi connectivity index (χ3v) is 5.51. The molecule has 3 aromatic rings. The standard InChI is InChI=1S/C21H22FN3O2/c1-14(16-6-2-3-7-17(16)22)20(26)24-12-10-15(11-13-24)25-19-9-5-4-8-18(19)23-21(25)27/h2-9,14-15H,10-13H2,1H3,(H,23,27). The SMILES string of the molecule is CC(C(=O)N1CCC(n2c(=O)[nH]c3ccccc32)CC1)c1ccccc1F. The van der Waals surface area contributed by atoms with Gasteiger partial charge in [0.1, 0.15) is 5.82 Å². The third kappa shape index (κ3) is 3.16. The van der Waals surface area contributed by atoms with Crippen molar-refractivity contribution >= 4 is 16.9 Å². The van der Waals surface area contributed by atoms with Gasteiger partial charge < -0.3 is 9.88 Å². The number of H-pyrrole nitrogens is 1. The molecule has 0 aliphatic carbocycles. The molecule has 5 nitrogen and oxygen atoms in total. The minimum Gasteiger partial charge on any atom is -0.342 e. The molecular formula is C21H22FN3O2. The lowest BCUT2D eigenvalue weighted by molar-refractivity contribution is -0.133. The second kappa shape index (κ2) is 7.02. The molecule has 1 aliphatic heterocycles. The summed E-state index contributed by atoms with van der Waals surface area (Å²) in [7, 11) is 0. The number of aromatic nitrogens is 2. The van der Waals surface area contributed by atoms with Gasteiger partial charge in [0.05, 0.1) is 17.0 Å². The van der Waals surface area contributed by atoms with Crippen molar-refractivity contribution in [1.82, 2.24) is 14.5 Å². The fourth-order valence-corrected chi connectivity index (χ4v) is 4.01. The van der Waals surface area contributed by atoms with Crippen LogP contribution in [0.15, 0.2) is 53.3 Å². The molecule has 1 unspecified atom stereocenters. The molecule has 1 atom stereocenters. The average Bonchev–Trinajstić information content (AvgIpc) is 3.03. The number of imidazole rings is 1. The van der Waals surface area contributed by atoms with Crippen LogP contribution < -0.4 is 5.69 Å². The fraction of sp³-hybridized carbons (Fsp3) is 0.333. The van der Waals surface area contributed by atoms with Gasteiger partial charge in [-0.3, -0.25) is 9.36 Å². The molecule has 1 N–H and O–H groups in total. The molecular weight excluding hydrogens is 345 g/mol. The van der Waals surface area contributed by atoms with Crippen LogP contribution >= 0.6 is 0 Å². The van der Waals surface area contributed by atoms with Crippen LogP contribution in [0.2, 0.25) is 0 Å². The van der Waals surface area contributed by atoms with E-state index in [1.807, 2.05) is 24.3 Å². The molecule has 0 radical (unpaired) electrons. The second-order valence-corrected chi connectivity index (χ2v) is 7.12. The minimum absolute atomic E-state index is 0.0569. The number of hydrogen-bond donors (Lipinski definition) is 1. The Hall–Kier alpha value is -2.89. The maximum Gasteiger partial charge on any atom is 0.326 e. The summed E-state index contributed by atoms with van der Waals surface area (Å²) in [6, 6.07) is 14.1. The summed E-state index contributed by atoms with van der Waals surface area (Å²) in [6.45, 7) is 2.87. The van der Waals surface area contributed by atoms with E-state index < -0.39 is 5.92 Å². The van der Waals surface area contributed by atoms with Gasteiger partial charge in [0.15, 0.2) is 0 Å². The molecule has 0 bridgehead atoms. The van der Waals surface area contributed by atoms with Crippen molar-refractivity contribution in [3.05, 3.63) is 70.4 Å². The Labute approximate surface area is 156 Å². The van der Waals surface area contributed by atoms with Gasteiger partial charge in [-0.1, -0.05) is 30.3 Å². The topological polar surface area (TPSA) is 58.1 Å². The number of carbonyl (C=O) groups is 1. The molecule has 1 saturated heterocycles. The second-order valence-electron chi connectivity index (χ2n) is 7.12. The van der Waals surface area contributed by atoms with Gasteiger partial charge in [-0.2, -0.15) is 0 Å². The van der Waals surface area contributed by atoms with Crippen LogP contribution in [0.4, 0.5) is 4.39 Å². The number of rotatable bonds is 3. The van der Waals surface area contributed by atoms with E-state index in [0.717, 1.165) is 11.0 Å². The normalized spacial score (nSPS) is 16.6. The first kappa shape index (κ1) is 17.5. The maximum atomic E-state index is 14.0. The number of amides is 1. The van der Waals surface area contributed by atoms with Crippen molar-refractivity contribution in [2.75, 3.05) is 13.1 Å². The van der Waals surface area contributed by atoms with Gasteiger partial charge in [-0.05, 0) is 43.5 Å². The van der Waals surface area contributed by atoms with Crippen molar-refractivity contribution in [2.45, 2.75) is 31.7 Å². The summed E-state index contributed by atoms with van der Waals surface area (Å²) in [6.07, 6.45) is 1.41. The van der Waals surface area contributed by atoms with E-state index in [1.54, 1.807) is 34.6 Å². The van der Waals surface area contributed by atoms with Crippen LogP contribution in [0.5, 0.6) is 0 Å². The molecule has 6 heteroatoms. The first-order valence-corrected chi connectivity index (χ1v) is 9.28. The van der Waals surface area contributed by atoms with Gasteiger partial charge in [0.25, 0.3) is 0 Å². The first-order chi connectivity index (χ1) is 13.1. The van der Waals surface area contributed by atoms with Crippen LogP contribution in [0.1, 0.15) is 37.3 Å². The van der Waals surface area contributed by atoms with E-state index in [0.29, 0.717) is 31.5 Å². The Morgan fingerprint density at radius 2 is 1.78 bits per heavy atom. The smallest absolute Gasteiger partial charge is 0.326 e. The predicted octanol–water partition coefficient (Wildman–Crippen LogP) is 3.44. The van der Waals surface area contributed by atoms with Crippen molar-refractivity contribution in [3.8, 4) is 0 Å². The molecule has 140 valence electrons. The fourth-order valence-electron chi connectivity index (χ4n) is 4.01. The van der Waals surface area contributed by atoms with Crippen molar-refractivity contribution in [2.24, 2.45) is 0 Å². The van der Waals surface area contributed by atoms with Crippen LogP contribution in [0.3, 0.4) is 0 Å². The largest absolute Gasteiger partial charge is 0.342 e. The van der Waals surface area contributed by atoms with Crippen LogP contribution in [-0.4, -0.2) is 33.4 Å². The number of halogens is 1. The summed E-state index contributed by atoms with van der Waals surface area (Å²) in [5.74, 6) is -0.929. The Morgan fingerprint density at radius 1 is 1.11 bits per heavy atom. The Morgan fingerprint density at radius 3 is 2.52 bits per heavy atom. The number of fused-ring (bicyclic) bond motifs is 1. The first-order valence-electron chi connectivity index (χ1n) is 9.28. The van der Waals surface area contributed by atoms with Crippen LogP contribution in [0, 0.1) is 5.82 Å². The third-order valence-electron chi connectivity index (χ3n) is 5.51. The molecule has 1 aliphatic rings. The predicted molar refractivity (Wildman–Crippen MR) is 102 cm³/mol. The number of likely N-dealkylation sites (tertiary alicyclic amines) is 1. The van der Waals surface area contributed by atoms with Gasteiger partial charge in [0.2, 0.25) is 5.91 Å². The summed E-state index contributed by atoms with van der Waals surface area (Å²) < 4.78 is 15.8. The van der Waals surface area contributed by atoms with Gasteiger partial charge in [-0.25, -0.2) is 9.18 Å². The van der Waals surface area contributed by atoms with Crippen molar-refractivity contribution in [1.29, 1.82) is 0 Å². The van der Waals surface area contributed by atoms with E-state index in [2.05, 4.69) is 4.98 Å². The number of piperidine rings is 1. The summed E-state index contributed by atoms with van der Waals surface area (Å²) in [5, 5.41) is 0. The average molecular weight is 367 g/mol. The molecule has 1 aromatic heterocycles. The monoisotopic (exact) mass is 367 g/mol. The Kier molecular flexibility index (Phi) is 4.56. The highest BCUT2D eigenvalue weighted by Crippen LogP contribution is 2.28. The Bertz CT molecular complexity index is 1030. The molecule has 2 heterocycles. The summed E-state index contributed by atoms with van der Waals surface area (Å²) in [4.78, 5) is 29.9. The number of nitrogens with zero attached hydrogens (tertiary/aromatic N) is 2. The summed E-state index contributed by atoms with van der Waals surface area (Å²) in [5.41, 5.74) is 2.04. The van der Waals surface area contributed by atoms with E-state index in [-0.39, 0.29) is 23.5 Å². The number of para-hydroxylation sites is 2. The minimum atomic E-state index is -0.515. The van der Waals surface area contributed by atoms with Gasteiger partial charge in [0, 0.05) is 19.1 Å². The maximum absolute atomic E-state index is 14.0. The molecule has 2 aromatic carbocycles. The van der Waals surface area contributed by atoms with Crippen molar-refractivity contribution < 1.29 is 9.18 Å². The van der Waals surface area contributed by atoms with Gasteiger partial charge >= 0.3 is 5.69 Å². The molecule has 0 spiro atoms. The van der Waals surface area contributed by atoms with E-state index in [9.17, 15) is 14.0 Å². The van der Waals surface area contributed by atoms with Crippen LogP contribution in [0.25, 0.3) is 11.0 Å². The quantitative estimate of drug-likeness (QED) is 0.771. The van der Waals surface area contributed by atoms with Gasteiger partial charge in [-0.15, -0.1) is 0 Å². The Balaban J connectivity index is 1.49. The number of nitrogens with one attached hydrogen (secondary N) is 1. The number of aromatic amines is 1. The molecule has 0 saturated carbocycles. The summed E-state index contributed by atoms with van der Waals surface area (Å²) >= 11 is 0. The lowest BCUT2D eigenvalue weighted by Gasteiger charge is -2.34. The molecule has 1 fully saturated rings. The van der Waals surface area contributed by atoms with Crippen molar-refractivity contribution in [3.63, 3.8) is 0 Å². The highest BCUT2D eigenvalue weighted by Gasteiger charge is 2.29. The van der Waals surface area contributed by atoms with E-state index in [4.69, 9.17) is 0 Å². The zero-order valence-corrected chi connectivity index (χ0v) is 15.2. The zero-order chi connectivity index (χ0) is 19.0. The molecule has 27 heavy (non-hydrogen) atoms. The van der Waals surface area contributed by atoms with E-state index >= 15 is 0 Å². The number of carbonyl (C=O) groups excluding carboxylic acids is 1. The lowest BCUT2D eigenvalue weighted by atomic mass is 9.97. The molecule has 4 rings (SSSR count). The lowest BCUT2D eigenvalue weighted by Crippen LogP contribution is -2.42. The van der Waals surface area contributed by atoms with Crippen LogP contribution in [-0.2, 0) is 4.79 Å². The number of hydrogen-bond acceptors (Lipinski definition) is 2. The van der Waals surface area contributed by atoms with E-state index in [1.165, 1.54) is 6.07 Å². The highest BCUT2D eigenvalue weighted by atomic mass is 19.1. The highest BCUT2D eigenvalue weighted by molar-refractivity contribution is 5.83.